The lowest BCUT2D eigenvalue weighted by Gasteiger charge is -2.44. The molecule has 2 unspecified atom stereocenters. The highest BCUT2D eigenvalue weighted by molar-refractivity contribution is 7.88. The van der Waals surface area contributed by atoms with Crippen LogP contribution in [0.2, 0.25) is 0 Å². The van der Waals surface area contributed by atoms with Crippen molar-refractivity contribution >= 4 is 16.1 Å². The monoisotopic (exact) mass is 567 g/mol. The maximum absolute atomic E-state index is 15.5. The van der Waals surface area contributed by atoms with Crippen molar-refractivity contribution in [3.8, 4) is 5.75 Å². The van der Waals surface area contributed by atoms with E-state index in [1.807, 2.05) is 0 Å². The summed E-state index contributed by atoms with van der Waals surface area (Å²) in [4.78, 5) is 13.0. The van der Waals surface area contributed by atoms with Gasteiger partial charge >= 0.3 is 21.6 Å². The molecule has 1 aliphatic heterocycles. The van der Waals surface area contributed by atoms with Gasteiger partial charge in [0.1, 0.15) is 23.1 Å². The summed E-state index contributed by atoms with van der Waals surface area (Å²) in [7, 11) is -4.75. The summed E-state index contributed by atoms with van der Waals surface area (Å²) in [6, 6.07) is 3.63. The van der Waals surface area contributed by atoms with E-state index in [1.54, 1.807) is 11.8 Å². The summed E-state index contributed by atoms with van der Waals surface area (Å²) in [5.74, 6) is -3.11. The van der Waals surface area contributed by atoms with Gasteiger partial charge in [0.15, 0.2) is 0 Å². The van der Waals surface area contributed by atoms with Crippen molar-refractivity contribution in [3.63, 3.8) is 0 Å². The lowest BCUT2D eigenvalue weighted by molar-refractivity contribution is -0.140. The largest absolute Gasteiger partial charge is 0.534 e. The summed E-state index contributed by atoms with van der Waals surface area (Å²) in [5, 5.41) is 0. The normalized spacial score (nSPS) is 18.7. The van der Waals surface area contributed by atoms with Crippen LogP contribution >= 0.6 is 0 Å². The molecule has 2 atom stereocenters. The van der Waals surface area contributed by atoms with Gasteiger partial charge < -0.3 is 8.92 Å². The molecule has 0 radical (unpaired) electrons. The Kier molecular flexibility index (Phi) is 8.42. The molecule has 3 rings (SSSR count). The van der Waals surface area contributed by atoms with Crippen LogP contribution < -0.4 is 4.18 Å². The number of carbonyl (C=O) groups excluding carboxylic acids is 1. The van der Waals surface area contributed by atoms with Crippen LogP contribution in [0.25, 0.3) is 0 Å². The highest BCUT2D eigenvalue weighted by atomic mass is 32.2. The first-order chi connectivity index (χ1) is 17.4. The first-order valence-corrected chi connectivity index (χ1v) is 13.0. The number of benzene rings is 2. The second-order valence-corrected chi connectivity index (χ2v) is 11.3. The van der Waals surface area contributed by atoms with E-state index in [0.717, 1.165) is 24.3 Å². The summed E-state index contributed by atoms with van der Waals surface area (Å²) in [6.45, 7) is 4.02. The smallest absolute Gasteiger partial charge is 0.469 e. The lowest BCUT2D eigenvalue weighted by atomic mass is 9.83. The highest BCUT2D eigenvalue weighted by Gasteiger charge is 2.49. The molecule has 210 valence electrons. The van der Waals surface area contributed by atoms with Crippen molar-refractivity contribution in [3.05, 3.63) is 64.2 Å². The highest BCUT2D eigenvalue weighted by Crippen LogP contribution is 2.42. The Labute approximate surface area is 216 Å². The third-order valence-electron chi connectivity index (χ3n) is 6.13. The molecular formula is C25H27F6NO5S. The molecule has 1 heterocycles. The van der Waals surface area contributed by atoms with Crippen LogP contribution in [0.15, 0.2) is 30.3 Å². The molecule has 2 aromatic rings. The fourth-order valence-corrected chi connectivity index (χ4v) is 4.96. The summed E-state index contributed by atoms with van der Waals surface area (Å²) in [6.07, 6.45) is 0.0173. The molecule has 1 aliphatic rings. The van der Waals surface area contributed by atoms with Crippen LogP contribution in [0, 0.1) is 11.6 Å². The van der Waals surface area contributed by atoms with E-state index < -0.39 is 62.3 Å². The molecular weight excluding hydrogens is 540 g/mol. The van der Waals surface area contributed by atoms with Crippen molar-refractivity contribution in [2.24, 2.45) is 0 Å². The first-order valence-electron chi connectivity index (χ1n) is 11.6. The molecule has 0 aromatic heterocycles. The van der Waals surface area contributed by atoms with Gasteiger partial charge in [-0.2, -0.15) is 21.6 Å². The predicted octanol–water partition coefficient (Wildman–Crippen LogP) is 5.38. The number of carbonyl (C=O) groups is 1. The summed E-state index contributed by atoms with van der Waals surface area (Å²) >= 11 is 0. The van der Waals surface area contributed by atoms with Crippen molar-refractivity contribution in [2.75, 3.05) is 13.7 Å². The van der Waals surface area contributed by atoms with Gasteiger partial charge in [-0.3, -0.25) is 9.69 Å². The molecule has 13 heteroatoms. The van der Waals surface area contributed by atoms with Crippen molar-refractivity contribution in [2.45, 2.75) is 63.3 Å². The molecule has 38 heavy (non-hydrogen) atoms. The molecule has 0 aliphatic carbocycles. The number of fused-ring (bicyclic) bond motifs is 1. The fraction of sp³-hybridized carbons (Fsp3) is 0.480. The van der Waals surface area contributed by atoms with Crippen LogP contribution in [0.5, 0.6) is 5.75 Å². The second-order valence-electron chi connectivity index (χ2n) is 9.74. The number of aryl methyl sites for hydroxylation is 1. The minimum absolute atomic E-state index is 0.00799. The Morgan fingerprint density at radius 3 is 2.21 bits per heavy atom. The first kappa shape index (κ1) is 29.8. The quantitative estimate of drug-likeness (QED) is 0.185. The van der Waals surface area contributed by atoms with E-state index in [2.05, 4.69) is 8.92 Å². The van der Waals surface area contributed by atoms with Crippen LogP contribution in [-0.4, -0.2) is 50.2 Å². The van der Waals surface area contributed by atoms with E-state index >= 15 is 8.78 Å². The number of nitrogens with zero attached hydrogens (tertiary/aromatic N) is 1. The van der Waals surface area contributed by atoms with E-state index in [-0.39, 0.29) is 36.9 Å². The molecule has 0 saturated heterocycles. The number of alkyl halides is 4. The zero-order valence-corrected chi connectivity index (χ0v) is 21.9. The SMILES string of the molecule is COC(=O)CCc1cc(F)c(C2c3ccc(OS(=O)(=O)C(F)(F)F)cc3CC(C)N2CC(C)(C)F)c(F)c1. The standard InChI is InChI=1S/C25H27F6NO5S/c1-14-9-16-12-17(37-38(34,35)25(29,30)31)6-7-18(16)23(32(14)13-24(2,3)28)22-19(26)10-15(11-20(22)27)5-8-21(33)36-4/h6-7,10-12,14,23H,5,8-9,13H2,1-4H3. The lowest BCUT2D eigenvalue weighted by Crippen LogP contribution is -2.48. The molecule has 6 nitrogen and oxygen atoms in total. The summed E-state index contributed by atoms with van der Waals surface area (Å²) < 4.78 is 116. The van der Waals surface area contributed by atoms with Crippen LogP contribution in [0.3, 0.4) is 0 Å². The van der Waals surface area contributed by atoms with Gasteiger partial charge in [0.2, 0.25) is 0 Å². The maximum Gasteiger partial charge on any atom is 0.534 e. The zero-order valence-electron chi connectivity index (χ0n) is 21.0. The Balaban J connectivity index is 2.11. The molecule has 0 saturated carbocycles. The molecule has 0 fully saturated rings. The zero-order chi connectivity index (χ0) is 28.6. The van der Waals surface area contributed by atoms with Gasteiger partial charge in [0.25, 0.3) is 0 Å². The minimum atomic E-state index is -5.94. The number of hydrogen-bond acceptors (Lipinski definition) is 6. The van der Waals surface area contributed by atoms with Gasteiger partial charge in [-0.25, -0.2) is 13.2 Å². The maximum atomic E-state index is 15.5. The topological polar surface area (TPSA) is 72.9 Å². The summed E-state index contributed by atoms with van der Waals surface area (Å²) in [5.41, 5.74) is -7.11. The third-order valence-corrected chi connectivity index (χ3v) is 7.11. The molecule has 0 N–H and O–H groups in total. The Bertz CT molecular complexity index is 1280. The number of methoxy groups -OCH3 is 1. The van der Waals surface area contributed by atoms with E-state index in [1.165, 1.54) is 27.0 Å². The van der Waals surface area contributed by atoms with Crippen LogP contribution in [-0.2, 0) is 32.5 Å². The molecule has 0 amide bonds. The van der Waals surface area contributed by atoms with Gasteiger partial charge in [-0.1, -0.05) is 6.07 Å². The Morgan fingerprint density at radius 1 is 1.08 bits per heavy atom. The number of halogens is 6. The molecule has 0 bridgehead atoms. The number of rotatable bonds is 8. The van der Waals surface area contributed by atoms with Gasteiger partial charge in [0, 0.05) is 24.6 Å². The molecule has 2 aromatic carbocycles. The average Bonchev–Trinajstić information content (AvgIpc) is 2.77. The van der Waals surface area contributed by atoms with E-state index in [9.17, 15) is 30.8 Å². The minimum Gasteiger partial charge on any atom is -0.469 e. The molecule has 0 spiro atoms. The van der Waals surface area contributed by atoms with Gasteiger partial charge in [-0.05, 0) is 74.6 Å². The third kappa shape index (κ3) is 6.60. The average molecular weight is 568 g/mol. The van der Waals surface area contributed by atoms with Crippen molar-refractivity contribution in [1.82, 2.24) is 4.90 Å². The number of ether oxygens (including phenoxy) is 1. The number of hydrogen-bond donors (Lipinski definition) is 0. The van der Waals surface area contributed by atoms with Gasteiger partial charge in [-0.15, -0.1) is 0 Å². The van der Waals surface area contributed by atoms with Crippen molar-refractivity contribution < 1.29 is 48.5 Å². The second kappa shape index (κ2) is 10.8. The van der Waals surface area contributed by atoms with Gasteiger partial charge in [0.05, 0.1) is 13.2 Å². The van der Waals surface area contributed by atoms with Crippen LogP contribution in [0.4, 0.5) is 26.3 Å². The van der Waals surface area contributed by atoms with Crippen molar-refractivity contribution in [1.29, 1.82) is 0 Å². The number of esters is 1. The fourth-order valence-electron chi connectivity index (χ4n) is 4.51. The Morgan fingerprint density at radius 2 is 1.68 bits per heavy atom. The van der Waals surface area contributed by atoms with Crippen LogP contribution in [0.1, 0.15) is 55.5 Å². The van der Waals surface area contributed by atoms with E-state index in [4.69, 9.17) is 0 Å². The van der Waals surface area contributed by atoms with E-state index in [0.29, 0.717) is 5.56 Å². The Hall–Kier alpha value is -2.80. The predicted molar refractivity (Wildman–Crippen MR) is 126 cm³/mol.